The van der Waals surface area contributed by atoms with E-state index in [0.717, 1.165) is 0 Å². The number of methoxy groups -OCH3 is 1. The average molecular weight is 288 g/mol. The van der Waals surface area contributed by atoms with Crippen molar-refractivity contribution in [3.63, 3.8) is 0 Å². The Hall–Kier alpha value is -2.76. The number of esters is 1. The molecular formula is C15H16N2O4. The number of benzene rings is 1. The van der Waals surface area contributed by atoms with E-state index in [2.05, 4.69) is 4.74 Å². The molecule has 0 fully saturated rings. The summed E-state index contributed by atoms with van der Waals surface area (Å²) in [6.45, 7) is 1.51. The van der Waals surface area contributed by atoms with Crippen molar-refractivity contribution in [2.45, 2.75) is 13.5 Å². The van der Waals surface area contributed by atoms with Crippen molar-refractivity contribution in [1.82, 2.24) is 4.57 Å². The molecule has 0 spiro atoms. The highest BCUT2D eigenvalue weighted by Crippen LogP contribution is 2.25. The number of aromatic nitrogens is 1. The standard InChI is InChI=1S/C15H16N2O4/c1-10-8-12(21-11-6-4-3-5-7-11)14(16)15(19)17(10)9-13(18)20-2/h3-8H,9,16H2,1-2H3. The smallest absolute Gasteiger partial charge is 0.325 e. The zero-order valence-corrected chi connectivity index (χ0v) is 11.8. The number of nitrogen functional groups attached to an aromatic ring is 1. The van der Waals surface area contributed by atoms with Crippen LogP contribution >= 0.6 is 0 Å². The Bertz CT molecular complexity index is 708. The lowest BCUT2D eigenvalue weighted by atomic mass is 10.3. The molecule has 0 aliphatic rings. The van der Waals surface area contributed by atoms with E-state index in [1.54, 1.807) is 25.1 Å². The van der Waals surface area contributed by atoms with E-state index in [1.807, 2.05) is 18.2 Å². The molecule has 1 aromatic heterocycles. The van der Waals surface area contributed by atoms with Crippen LogP contribution in [0.2, 0.25) is 0 Å². The molecule has 1 aromatic carbocycles. The molecule has 0 saturated carbocycles. The van der Waals surface area contributed by atoms with Crippen LogP contribution in [0.1, 0.15) is 5.69 Å². The molecule has 6 nitrogen and oxygen atoms in total. The van der Waals surface area contributed by atoms with Gasteiger partial charge >= 0.3 is 5.97 Å². The molecule has 2 N–H and O–H groups in total. The van der Waals surface area contributed by atoms with E-state index in [0.29, 0.717) is 11.4 Å². The van der Waals surface area contributed by atoms with Crippen molar-refractivity contribution in [3.05, 3.63) is 52.4 Å². The highest BCUT2D eigenvalue weighted by molar-refractivity contribution is 5.69. The summed E-state index contributed by atoms with van der Waals surface area (Å²) in [4.78, 5) is 23.5. The average Bonchev–Trinajstić information content (AvgIpc) is 2.49. The number of pyridine rings is 1. The highest BCUT2D eigenvalue weighted by Gasteiger charge is 2.14. The van der Waals surface area contributed by atoms with Crippen molar-refractivity contribution in [1.29, 1.82) is 0 Å². The number of ether oxygens (including phenoxy) is 2. The lowest BCUT2D eigenvalue weighted by molar-refractivity contribution is -0.141. The monoisotopic (exact) mass is 288 g/mol. The summed E-state index contributed by atoms with van der Waals surface area (Å²) < 4.78 is 11.4. The number of nitrogens with zero attached hydrogens (tertiary/aromatic N) is 1. The van der Waals surface area contributed by atoms with Crippen LogP contribution in [0.25, 0.3) is 0 Å². The van der Waals surface area contributed by atoms with E-state index < -0.39 is 11.5 Å². The van der Waals surface area contributed by atoms with Crippen LogP contribution in [0.5, 0.6) is 11.5 Å². The van der Waals surface area contributed by atoms with Gasteiger partial charge in [-0.15, -0.1) is 0 Å². The van der Waals surface area contributed by atoms with Gasteiger partial charge in [-0.3, -0.25) is 14.2 Å². The van der Waals surface area contributed by atoms with E-state index in [1.165, 1.54) is 11.7 Å². The Kier molecular flexibility index (Phi) is 4.27. The van der Waals surface area contributed by atoms with Crippen LogP contribution in [0.15, 0.2) is 41.2 Å². The second kappa shape index (κ2) is 6.13. The maximum atomic E-state index is 12.2. The largest absolute Gasteiger partial charge is 0.468 e. The van der Waals surface area contributed by atoms with Crippen LogP contribution in [-0.4, -0.2) is 17.6 Å². The Balaban J connectivity index is 2.38. The van der Waals surface area contributed by atoms with Gasteiger partial charge in [0.15, 0.2) is 5.75 Å². The fourth-order valence-electron chi connectivity index (χ4n) is 1.85. The van der Waals surface area contributed by atoms with Crippen LogP contribution < -0.4 is 16.0 Å². The zero-order valence-electron chi connectivity index (χ0n) is 11.8. The molecule has 0 radical (unpaired) electrons. The van der Waals surface area contributed by atoms with Gasteiger partial charge in [0.05, 0.1) is 7.11 Å². The topological polar surface area (TPSA) is 83.6 Å². The van der Waals surface area contributed by atoms with Gasteiger partial charge in [0.25, 0.3) is 5.56 Å². The number of para-hydroxylation sites is 1. The predicted molar refractivity (Wildman–Crippen MR) is 78.4 cm³/mol. The molecule has 110 valence electrons. The Morgan fingerprint density at radius 2 is 1.95 bits per heavy atom. The summed E-state index contributed by atoms with van der Waals surface area (Å²) in [6.07, 6.45) is 0. The molecule has 0 amide bonds. The quantitative estimate of drug-likeness (QED) is 0.866. The molecule has 1 heterocycles. The van der Waals surface area contributed by atoms with Gasteiger partial charge < -0.3 is 15.2 Å². The van der Waals surface area contributed by atoms with Gasteiger partial charge in [-0.05, 0) is 19.1 Å². The van der Waals surface area contributed by atoms with Crippen molar-refractivity contribution >= 4 is 11.7 Å². The molecule has 21 heavy (non-hydrogen) atoms. The van der Waals surface area contributed by atoms with Gasteiger partial charge in [-0.1, -0.05) is 18.2 Å². The third-order valence-corrected chi connectivity index (χ3v) is 2.99. The van der Waals surface area contributed by atoms with E-state index in [4.69, 9.17) is 10.5 Å². The minimum absolute atomic E-state index is 0.0478. The van der Waals surface area contributed by atoms with E-state index >= 15 is 0 Å². The molecule has 0 unspecified atom stereocenters. The summed E-state index contributed by atoms with van der Waals surface area (Å²) in [7, 11) is 1.26. The zero-order chi connectivity index (χ0) is 15.4. The van der Waals surface area contributed by atoms with Crippen LogP contribution in [-0.2, 0) is 16.1 Å². The molecule has 2 aromatic rings. The Labute approximate surface area is 121 Å². The SMILES string of the molecule is COC(=O)Cn1c(C)cc(Oc2ccccc2)c(N)c1=O. The number of aryl methyl sites for hydroxylation is 1. The molecule has 0 saturated heterocycles. The van der Waals surface area contributed by atoms with Crippen LogP contribution in [0.4, 0.5) is 5.69 Å². The molecule has 0 bridgehead atoms. The van der Waals surface area contributed by atoms with Crippen molar-refractivity contribution in [2.24, 2.45) is 0 Å². The second-order valence-electron chi connectivity index (χ2n) is 4.45. The lowest BCUT2D eigenvalue weighted by Gasteiger charge is -2.13. The summed E-state index contributed by atoms with van der Waals surface area (Å²) in [6, 6.07) is 10.6. The lowest BCUT2D eigenvalue weighted by Crippen LogP contribution is -2.28. The van der Waals surface area contributed by atoms with E-state index in [9.17, 15) is 9.59 Å². The first-order valence-corrected chi connectivity index (χ1v) is 6.32. The maximum Gasteiger partial charge on any atom is 0.325 e. The maximum absolute atomic E-state index is 12.2. The van der Waals surface area contributed by atoms with Crippen LogP contribution in [0, 0.1) is 6.92 Å². The summed E-state index contributed by atoms with van der Waals surface area (Å²) in [5, 5.41) is 0. The number of hydrogen-bond acceptors (Lipinski definition) is 5. The van der Waals surface area contributed by atoms with Gasteiger partial charge in [-0.2, -0.15) is 0 Å². The van der Waals surface area contributed by atoms with Gasteiger partial charge in [-0.25, -0.2) is 0 Å². The summed E-state index contributed by atoms with van der Waals surface area (Å²) in [5.74, 6) is 0.329. The molecule has 6 heteroatoms. The van der Waals surface area contributed by atoms with Crippen LogP contribution in [0.3, 0.4) is 0 Å². The number of rotatable bonds is 4. The molecule has 0 aliphatic heterocycles. The number of anilines is 1. The molecule has 2 rings (SSSR count). The number of carbonyl (C=O) groups excluding carboxylic acids is 1. The minimum atomic E-state index is -0.517. The Morgan fingerprint density at radius 3 is 2.57 bits per heavy atom. The molecule has 0 atom stereocenters. The number of carbonyl (C=O) groups is 1. The number of nitrogens with two attached hydrogens (primary N) is 1. The third kappa shape index (κ3) is 3.22. The summed E-state index contributed by atoms with van der Waals surface area (Å²) >= 11 is 0. The van der Waals surface area contributed by atoms with Crippen molar-refractivity contribution in [2.75, 3.05) is 12.8 Å². The Morgan fingerprint density at radius 1 is 1.29 bits per heavy atom. The first-order chi connectivity index (χ1) is 10.0. The first-order valence-electron chi connectivity index (χ1n) is 6.32. The third-order valence-electron chi connectivity index (χ3n) is 2.99. The van der Waals surface area contributed by atoms with Crippen molar-refractivity contribution < 1.29 is 14.3 Å². The number of hydrogen-bond donors (Lipinski definition) is 1. The first kappa shape index (κ1) is 14.6. The summed E-state index contributed by atoms with van der Waals surface area (Å²) in [5.41, 5.74) is 5.84. The van der Waals surface area contributed by atoms with Gasteiger partial charge in [0.1, 0.15) is 18.0 Å². The highest BCUT2D eigenvalue weighted by atomic mass is 16.5. The fraction of sp³-hybridized carbons (Fsp3) is 0.200. The van der Waals surface area contributed by atoms with E-state index in [-0.39, 0.29) is 18.0 Å². The van der Waals surface area contributed by atoms with Gasteiger partial charge in [0, 0.05) is 11.8 Å². The van der Waals surface area contributed by atoms with Crippen molar-refractivity contribution in [3.8, 4) is 11.5 Å². The predicted octanol–water partition coefficient (Wildman–Crippen LogP) is 1.70. The normalized spacial score (nSPS) is 10.2. The second-order valence-corrected chi connectivity index (χ2v) is 4.45. The minimum Gasteiger partial charge on any atom is -0.468 e. The molecule has 0 aliphatic carbocycles. The van der Waals surface area contributed by atoms with Gasteiger partial charge in [0.2, 0.25) is 0 Å². The fourth-order valence-corrected chi connectivity index (χ4v) is 1.85. The molecular weight excluding hydrogens is 272 g/mol.